The fourth-order valence-electron chi connectivity index (χ4n) is 3.79. The Kier molecular flexibility index (Phi) is 6.48. The second kappa shape index (κ2) is 8.91. The van der Waals surface area contributed by atoms with Crippen molar-refractivity contribution in [1.29, 1.82) is 0 Å². The third-order valence-corrected chi connectivity index (χ3v) is 5.99. The number of benzene rings is 1. The molecule has 0 aliphatic carbocycles. The molecule has 0 bridgehead atoms. The zero-order chi connectivity index (χ0) is 22.9. The maximum Gasteiger partial charge on any atom is 0.332 e. The summed E-state index contributed by atoms with van der Waals surface area (Å²) in [5.74, 6) is 0.459. The molecule has 8 heteroatoms. The molecule has 1 N–H and O–H groups in total. The summed E-state index contributed by atoms with van der Waals surface area (Å²) in [6.07, 6.45) is 2.50. The lowest BCUT2D eigenvalue weighted by Crippen LogP contribution is -2.38. The molecule has 0 saturated carbocycles. The van der Waals surface area contributed by atoms with Crippen LogP contribution in [0.4, 0.5) is 0 Å². The van der Waals surface area contributed by atoms with E-state index in [0.717, 1.165) is 16.6 Å². The van der Waals surface area contributed by atoms with Gasteiger partial charge in [0.1, 0.15) is 6.54 Å². The van der Waals surface area contributed by atoms with E-state index in [1.165, 1.54) is 28.1 Å². The van der Waals surface area contributed by atoms with Gasteiger partial charge >= 0.3 is 5.69 Å². The number of hydrogen-bond acceptors (Lipinski definition) is 4. The van der Waals surface area contributed by atoms with Gasteiger partial charge in [-0.15, -0.1) is 0 Å². The summed E-state index contributed by atoms with van der Waals surface area (Å²) in [6.45, 7) is 8.43. The van der Waals surface area contributed by atoms with Gasteiger partial charge in [-0.1, -0.05) is 52.0 Å². The number of rotatable bonds is 7. The number of carbonyl (C=O) groups excluding carboxylic acids is 1. The second-order valence-electron chi connectivity index (χ2n) is 8.52. The van der Waals surface area contributed by atoms with Crippen molar-refractivity contribution in [2.24, 2.45) is 20.0 Å². The molecule has 1 amide bonds. The molecule has 2 atom stereocenters. The van der Waals surface area contributed by atoms with Gasteiger partial charge in [-0.3, -0.25) is 18.7 Å². The molecule has 0 spiro atoms. The normalized spacial score (nSPS) is 13.5. The number of fused-ring (bicyclic) bond motifs is 1. The van der Waals surface area contributed by atoms with Gasteiger partial charge in [-0.05, 0) is 29.4 Å². The molecule has 0 fully saturated rings. The van der Waals surface area contributed by atoms with E-state index in [0.29, 0.717) is 5.92 Å². The van der Waals surface area contributed by atoms with Crippen molar-refractivity contribution in [3.05, 3.63) is 62.6 Å². The van der Waals surface area contributed by atoms with Crippen molar-refractivity contribution in [3.8, 4) is 0 Å². The number of hydrogen-bond donors (Lipinski definition) is 1. The van der Waals surface area contributed by atoms with E-state index in [-0.39, 0.29) is 35.6 Å². The van der Waals surface area contributed by atoms with E-state index >= 15 is 0 Å². The van der Waals surface area contributed by atoms with E-state index in [4.69, 9.17) is 0 Å². The summed E-state index contributed by atoms with van der Waals surface area (Å²) in [5, 5.41) is 3.09. The smallest absolute Gasteiger partial charge is 0.332 e. The van der Waals surface area contributed by atoms with Gasteiger partial charge in [0.2, 0.25) is 5.91 Å². The molecule has 2 aromatic heterocycles. The predicted molar refractivity (Wildman–Crippen MR) is 121 cm³/mol. The topological polar surface area (TPSA) is 90.9 Å². The number of nitrogens with zero attached hydrogens (tertiary/aromatic N) is 4. The van der Waals surface area contributed by atoms with Crippen molar-refractivity contribution >= 4 is 17.1 Å². The van der Waals surface area contributed by atoms with Crippen LogP contribution in [0.15, 0.2) is 40.2 Å². The number of imidazole rings is 1. The molecule has 0 aliphatic heterocycles. The minimum absolute atomic E-state index is 0.0574. The first-order valence-electron chi connectivity index (χ1n) is 10.7. The molecule has 2 heterocycles. The van der Waals surface area contributed by atoms with Gasteiger partial charge < -0.3 is 9.88 Å². The molecular weight excluding hydrogens is 394 g/mol. The van der Waals surface area contributed by atoms with Crippen molar-refractivity contribution in [2.45, 2.75) is 52.6 Å². The molecule has 2 unspecified atom stereocenters. The lowest BCUT2D eigenvalue weighted by molar-refractivity contribution is -0.122. The Morgan fingerprint density at radius 1 is 1.03 bits per heavy atom. The van der Waals surface area contributed by atoms with E-state index in [1.54, 1.807) is 7.05 Å². The Morgan fingerprint density at radius 2 is 1.65 bits per heavy atom. The Balaban J connectivity index is 1.85. The molecule has 3 rings (SSSR count). The molecule has 0 saturated heterocycles. The third-order valence-electron chi connectivity index (χ3n) is 5.99. The number of aryl methyl sites for hydroxylation is 1. The number of amides is 1. The van der Waals surface area contributed by atoms with E-state index in [2.05, 4.69) is 62.3 Å². The van der Waals surface area contributed by atoms with Gasteiger partial charge in [-0.2, -0.15) is 0 Å². The van der Waals surface area contributed by atoms with Gasteiger partial charge in [-0.25, -0.2) is 9.78 Å². The molecule has 3 aromatic rings. The van der Waals surface area contributed by atoms with Gasteiger partial charge in [0, 0.05) is 14.1 Å². The highest BCUT2D eigenvalue weighted by Gasteiger charge is 2.21. The Morgan fingerprint density at radius 3 is 2.23 bits per heavy atom. The molecular formula is C23H31N5O3. The highest BCUT2D eigenvalue weighted by molar-refractivity contribution is 5.79. The van der Waals surface area contributed by atoms with Crippen molar-refractivity contribution < 1.29 is 4.79 Å². The average Bonchev–Trinajstić information content (AvgIpc) is 3.17. The standard InChI is InChI=1S/C23H31N5O3/c1-7-15(4)16-8-10-17(11-9-16)19(14(2)3)25-18(29)12-28-13-24-21-20(28)22(30)27(6)23(31)26(21)5/h8-11,13-15,19H,7,12H2,1-6H3,(H,25,29). The summed E-state index contributed by atoms with van der Waals surface area (Å²) in [5.41, 5.74) is 1.91. The lowest BCUT2D eigenvalue weighted by Gasteiger charge is -2.24. The van der Waals surface area contributed by atoms with Gasteiger partial charge in [0.15, 0.2) is 11.2 Å². The first-order valence-corrected chi connectivity index (χ1v) is 10.7. The zero-order valence-corrected chi connectivity index (χ0v) is 19.0. The fourth-order valence-corrected chi connectivity index (χ4v) is 3.79. The van der Waals surface area contributed by atoms with Gasteiger partial charge in [0.05, 0.1) is 12.4 Å². The number of aromatic nitrogens is 4. The van der Waals surface area contributed by atoms with Crippen LogP contribution in [0.3, 0.4) is 0 Å². The van der Waals surface area contributed by atoms with Crippen LogP contribution in [0.5, 0.6) is 0 Å². The largest absolute Gasteiger partial charge is 0.347 e. The fraction of sp³-hybridized carbons (Fsp3) is 0.478. The minimum Gasteiger partial charge on any atom is -0.347 e. The Bertz CT molecular complexity index is 1200. The zero-order valence-electron chi connectivity index (χ0n) is 19.0. The summed E-state index contributed by atoms with van der Waals surface area (Å²) in [6, 6.07) is 8.24. The predicted octanol–water partition coefficient (Wildman–Crippen LogP) is 2.46. The summed E-state index contributed by atoms with van der Waals surface area (Å²) in [4.78, 5) is 41.7. The van der Waals surface area contributed by atoms with E-state index in [9.17, 15) is 14.4 Å². The van der Waals surface area contributed by atoms with Crippen LogP contribution in [-0.2, 0) is 25.4 Å². The first-order chi connectivity index (χ1) is 14.6. The van der Waals surface area contributed by atoms with E-state index in [1.807, 2.05) is 0 Å². The first kappa shape index (κ1) is 22.5. The highest BCUT2D eigenvalue weighted by Crippen LogP contribution is 2.25. The molecule has 0 radical (unpaired) electrons. The van der Waals surface area contributed by atoms with Crippen LogP contribution in [0.1, 0.15) is 57.2 Å². The van der Waals surface area contributed by atoms with Crippen LogP contribution in [-0.4, -0.2) is 24.6 Å². The van der Waals surface area contributed by atoms with Crippen LogP contribution < -0.4 is 16.6 Å². The maximum absolute atomic E-state index is 12.9. The molecule has 31 heavy (non-hydrogen) atoms. The SMILES string of the molecule is CCC(C)c1ccc(C(NC(=O)Cn2cnc3c2c(=O)n(C)c(=O)n3C)C(C)C)cc1. The summed E-state index contributed by atoms with van der Waals surface area (Å²) in [7, 11) is 2.97. The number of carbonyl (C=O) groups is 1. The average molecular weight is 426 g/mol. The van der Waals surface area contributed by atoms with Crippen LogP contribution in [0.25, 0.3) is 11.2 Å². The van der Waals surface area contributed by atoms with Crippen LogP contribution in [0.2, 0.25) is 0 Å². The summed E-state index contributed by atoms with van der Waals surface area (Å²) >= 11 is 0. The molecule has 166 valence electrons. The van der Waals surface area contributed by atoms with Gasteiger partial charge in [0.25, 0.3) is 5.56 Å². The summed E-state index contributed by atoms with van der Waals surface area (Å²) < 4.78 is 3.82. The second-order valence-corrected chi connectivity index (χ2v) is 8.52. The lowest BCUT2D eigenvalue weighted by atomic mass is 9.92. The van der Waals surface area contributed by atoms with Crippen molar-refractivity contribution in [3.63, 3.8) is 0 Å². The van der Waals surface area contributed by atoms with E-state index < -0.39 is 11.2 Å². The molecule has 0 aliphatic rings. The van der Waals surface area contributed by atoms with Crippen LogP contribution in [0, 0.1) is 5.92 Å². The minimum atomic E-state index is -0.468. The number of nitrogens with one attached hydrogen (secondary N) is 1. The molecule has 1 aromatic carbocycles. The maximum atomic E-state index is 12.9. The third kappa shape index (κ3) is 4.33. The molecule has 8 nitrogen and oxygen atoms in total. The van der Waals surface area contributed by atoms with Crippen molar-refractivity contribution in [1.82, 2.24) is 24.0 Å². The van der Waals surface area contributed by atoms with Crippen molar-refractivity contribution in [2.75, 3.05) is 0 Å². The monoisotopic (exact) mass is 425 g/mol. The quantitative estimate of drug-likeness (QED) is 0.630. The Hall–Kier alpha value is -3.16. The highest BCUT2D eigenvalue weighted by atomic mass is 16.2. The Labute approximate surface area is 181 Å². The van der Waals surface area contributed by atoms with Crippen LogP contribution >= 0.6 is 0 Å².